The number of carbonyl (C=O) groups excluding carboxylic acids is 2. The van der Waals surface area contributed by atoms with Crippen LogP contribution in [0.4, 0.5) is 0 Å². The Kier molecular flexibility index (Phi) is 36.2. The van der Waals surface area contributed by atoms with Gasteiger partial charge in [-0.25, -0.2) is 0 Å². The SMILES string of the molecule is CC(O)CCCCCCCCCCCCCCCCC(=O)NCC(O)CNC(=O)CCCCCCCCCCCCCCCCC(C)O. The summed E-state index contributed by atoms with van der Waals surface area (Å²) in [4.78, 5) is 24.2. The van der Waals surface area contributed by atoms with E-state index in [2.05, 4.69) is 10.6 Å². The smallest absolute Gasteiger partial charge is 0.220 e. The van der Waals surface area contributed by atoms with E-state index in [0.29, 0.717) is 12.8 Å². The van der Waals surface area contributed by atoms with Crippen molar-refractivity contribution in [1.82, 2.24) is 10.6 Å². The minimum atomic E-state index is -0.750. The number of hydrogen-bond acceptors (Lipinski definition) is 5. The first-order chi connectivity index (χ1) is 23.3. The van der Waals surface area contributed by atoms with E-state index >= 15 is 0 Å². The number of carbonyl (C=O) groups is 2. The number of hydrogen-bond donors (Lipinski definition) is 5. The average Bonchev–Trinajstić information content (AvgIpc) is 3.05. The predicted octanol–water partition coefficient (Wildman–Crippen LogP) is 9.82. The fourth-order valence-electron chi connectivity index (χ4n) is 6.41. The second-order valence-corrected chi connectivity index (χ2v) is 14.9. The molecule has 0 saturated heterocycles. The van der Waals surface area contributed by atoms with Crippen LogP contribution < -0.4 is 10.6 Å². The Morgan fingerprint density at radius 3 is 0.812 bits per heavy atom. The summed E-state index contributed by atoms with van der Waals surface area (Å²) in [7, 11) is 0. The normalized spacial score (nSPS) is 13.4. The second-order valence-electron chi connectivity index (χ2n) is 14.9. The predicted molar refractivity (Wildman–Crippen MR) is 203 cm³/mol. The highest BCUT2D eigenvalue weighted by atomic mass is 16.3. The Morgan fingerprint density at radius 2 is 0.583 bits per heavy atom. The summed E-state index contributed by atoms with van der Waals surface area (Å²) in [6, 6.07) is 0. The molecule has 0 radical (unpaired) electrons. The first-order valence-corrected chi connectivity index (χ1v) is 20.9. The molecule has 2 amide bonds. The van der Waals surface area contributed by atoms with Crippen molar-refractivity contribution in [1.29, 1.82) is 0 Å². The lowest BCUT2D eigenvalue weighted by molar-refractivity contribution is -0.121. The van der Waals surface area contributed by atoms with E-state index in [4.69, 9.17) is 0 Å². The van der Waals surface area contributed by atoms with Crippen molar-refractivity contribution in [2.24, 2.45) is 0 Å². The molecular formula is C41H82N2O5. The van der Waals surface area contributed by atoms with E-state index in [-0.39, 0.29) is 37.1 Å². The maximum Gasteiger partial charge on any atom is 0.220 e. The zero-order valence-electron chi connectivity index (χ0n) is 31.9. The van der Waals surface area contributed by atoms with Crippen LogP contribution in [0, 0.1) is 0 Å². The Morgan fingerprint density at radius 1 is 0.375 bits per heavy atom. The summed E-state index contributed by atoms with van der Waals surface area (Å²) in [5, 5.41) is 34.3. The van der Waals surface area contributed by atoms with Gasteiger partial charge in [0.2, 0.25) is 11.8 Å². The molecule has 286 valence electrons. The highest BCUT2D eigenvalue weighted by Gasteiger charge is 2.09. The third kappa shape index (κ3) is 39.3. The fourth-order valence-corrected chi connectivity index (χ4v) is 6.41. The molecule has 2 atom stereocenters. The summed E-state index contributed by atoms with van der Waals surface area (Å²) < 4.78 is 0. The van der Waals surface area contributed by atoms with Crippen molar-refractivity contribution in [3.63, 3.8) is 0 Å². The average molecular weight is 683 g/mol. The molecule has 7 nitrogen and oxygen atoms in total. The molecule has 2 unspecified atom stereocenters. The summed E-state index contributed by atoms with van der Waals surface area (Å²) in [6.07, 6.45) is 36.7. The van der Waals surface area contributed by atoms with Crippen LogP contribution in [0.5, 0.6) is 0 Å². The molecule has 0 aromatic carbocycles. The van der Waals surface area contributed by atoms with Crippen LogP contribution in [-0.2, 0) is 9.59 Å². The molecule has 5 N–H and O–H groups in total. The monoisotopic (exact) mass is 683 g/mol. The minimum absolute atomic E-state index is 0.0145. The molecule has 0 saturated carbocycles. The van der Waals surface area contributed by atoms with Gasteiger partial charge in [0.15, 0.2) is 0 Å². The van der Waals surface area contributed by atoms with Crippen LogP contribution in [-0.4, -0.2) is 58.5 Å². The van der Waals surface area contributed by atoms with E-state index in [1.165, 1.54) is 141 Å². The number of rotatable bonds is 38. The van der Waals surface area contributed by atoms with Gasteiger partial charge in [0.25, 0.3) is 0 Å². The molecular weight excluding hydrogens is 600 g/mol. The fraction of sp³-hybridized carbons (Fsp3) is 0.951. The van der Waals surface area contributed by atoms with Crippen LogP contribution in [0.25, 0.3) is 0 Å². The topological polar surface area (TPSA) is 119 Å². The number of unbranched alkanes of at least 4 members (excludes halogenated alkanes) is 26. The highest BCUT2D eigenvalue weighted by Crippen LogP contribution is 2.15. The maximum atomic E-state index is 12.1. The van der Waals surface area contributed by atoms with Crippen LogP contribution in [0.3, 0.4) is 0 Å². The molecule has 0 aliphatic rings. The van der Waals surface area contributed by atoms with E-state index < -0.39 is 6.10 Å². The third-order valence-corrected chi connectivity index (χ3v) is 9.62. The first-order valence-electron chi connectivity index (χ1n) is 20.9. The van der Waals surface area contributed by atoms with Crippen LogP contribution in [0.15, 0.2) is 0 Å². The lowest BCUT2D eigenvalue weighted by Crippen LogP contribution is -2.39. The van der Waals surface area contributed by atoms with E-state index in [0.717, 1.165) is 51.4 Å². The Balaban J connectivity index is 3.37. The van der Waals surface area contributed by atoms with Crippen molar-refractivity contribution in [2.75, 3.05) is 13.1 Å². The lowest BCUT2D eigenvalue weighted by atomic mass is 10.0. The van der Waals surface area contributed by atoms with Crippen LogP contribution in [0.2, 0.25) is 0 Å². The Hall–Kier alpha value is -1.18. The molecule has 7 heteroatoms. The zero-order valence-corrected chi connectivity index (χ0v) is 31.9. The van der Waals surface area contributed by atoms with Gasteiger partial charge in [0, 0.05) is 25.9 Å². The van der Waals surface area contributed by atoms with Gasteiger partial charge in [-0.3, -0.25) is 9.59 Å². The molecule has 0 fully saturated rings. The molecule has 0 spiro atoms. The summed E-state index contributed by atoms with van der Waals surface area (Å²) >= 11 is 0. The van der Waals surface area contributed by atoms with Crippen molar-refractivity contribution in [2.45, 2.75) is 238 Å². The third-order valence-electron chi connectivity index (χ3n) is 9.62. The van der Waals surface area contributed by atoms with Gasteiger partial charge < -0.3 is 26.0 Å². The summed E-state index contributed by atoms with van der Waals surface area (Å²) in [6.45, 7) is 4.12. The number of aliphatic hydroxyl groups is 3. The number of aliphatic hydroxyl groups excluding tert-OH is 3. The number of amides is 2. The lowest BCUT2D eigenvalue weighted by Gasteiger charge is -2.13. The second kappa shape index (κ2) is 37.1. The molecule has 0 aromatic heterocycles. The maximum absolute atomic E-state index is 12.1. The summed E-state index contributed by atoms with van der Waals surface area (Å²) in [5.74, 6) is -0.0290. The van der Waals surface area contributed by atoms with Crippen molar-refractivity contribution < 1.29 is 24.9 Å². The van der Waals surface area contributed by atoms with Gasteiger partial charge in [-0.05, 0) is 39.5 Å². The van der Waals surface area contributed by atoms with Gasteiger partial charge in [-0.15, -0.1) is 0 Å². The van der Waals surface area contributed by atoms with Gasteiger partial charge in [0.1, 0.15) is 0 Å². The molecule has 0 aliphatic heterocycles. The molecule has 0 aliphatic carbocycles. The van der Waals surface area contributed by atoms with E-state index in [1.807, 2.05) is 13.8 Å². The van der Waals surface area contributed by atoms with Gasteiger partial charge in [-0.2, -0.15) is 0 Å². The molecule has 0 rings (SSSR count). The van der Waals surface area contributed by atoms with Crippen molar-refractivity contribution in [3.8, 4) is 0 Å². The molecule has 0 bridgehead atoms. The zero-order chi connectivity index (χ0) is 35.3. The quantitative estimate of drug-likeness (QED) is 0.0416. The Labute approximate surface area is 297 Å². The van der Waals surface area contributed by atoms with E-state index in [1.54, 1.807) is 0 Å². The van der Waals surface area contributed by atoms with Crippen molar-refractivity contribution in [3.05, 3.63) is 0 Å². The number of nitrogens with one attached hydrogen (secondary N) is 2. The van der Waals surface area contributed by atoms with Crippen LogP contribution >= 0.6 is 0 Å². The van der Waals surface area contributed by atoms with Gasteiger partial charge >= 0.3 is 0 Å². The largest absolute Gasteiger partial charge is 0.393 e. The minimum Gasteiger partial charge on any atom is -0.393 e. The standard InChI is InChI=1S/C41H82N2O5/c1-37(44)31-27-23-19-15-11-7-3-5-9-13-17-21-25-29-33-40(47)42-35-39(46)36-43-41(48)34-30-26-22-18-14-10-6-4-8-12-16-20-24-28-32-38(2)45/h37-39,44-46H,3-36H2,1-2H3,(H,42,47)(H,43,48). The Bertz CT molecular complexity index is 632. The van der Waals surface area contributed by atoms with Crippen molar-refractivity contribution >= 4 is 11.8 Å². The van der Waals surface area contributed by atoms with Gasteiger partial charge in [0.05, 0.1) is 18.3 Å². The molecule has 48 heavy (non-hydrogen) atoms. The van der Waals surface area contributed by atoms with E-state index in [9.17, 15) is 24.9 Å². The summed E-state index contributed by atoms with van der Waals surface area (Å²) in [5.41, 5.74) is 0. The van der Waals surface area contributed by atoms with Crippen LogP contribution in [0.1, 0.15) is 219 Å². The molecule has 0 heterocycles. The molecule has 0 aromatic rings. The highest BCUT2D eigenvalue weighted by molar-refractivity contribution is 5.76. The first kappa shape index (κ1) is 46.8. The van der Waals surface area contributed by atoms with Gasteiger partial charge in [-0.1, -0.05) is 167 Å².